The van der Waals surface area contributed by atoms with Gasteiger partial charge in [-0.05, 0) is 37.2 Å². The molecule has 0 radical (unpaired) electrons. The predicted molar refractivity (Wildman–Crippen MR) is 79.4 cm³/mol. The number of allylic oxidation sites excluding steroid dienone is 2. The number of nitrogens with zero attached hydrogens (tertiary/aromatic N) is 1. The van der Waals surface area contributed by atoms with E-state index in [-0.39, 0.29) is 12.2 Å². The maximum Gasteiger partial charge on any atom is 0.410 e. The lowest BCUT2D eigenvalue weighted by atomic mass is 9.96. The second kappa shape index (κ2) is 5.63. The number of likely N-dealkylation sites (tertiary alicyclic amines) is 1. The molecule has 3 nitrogen and oxygen atoms in total. The summed E-state index contributed by atoms with van der Waals surface area (Å²) in [6, 6.07) is 0. The zero-order chi connectivity index (χ0) is 14.1. The number of carbonyl (C=O) groups excluding carboxylic acids is 1. The molecule has 1 amide bonds. The first-order chi connectivity index (χ1) is 9.65. The molecular weight excluding hydrogens is 250 g/mol. The summed E-state index contributed by atoms with van der Waals surface area (Å²) in [5.74, 6) is 1.10. The molecule has 0 saturated carbocycles. The third-order valence-electron chi connectivity index (χ3n) is 5.11. The summed E-state index contributed by atoms with van der Waals surface area (Å²) in [6.45, 7) is 6.16. The van der Waals surface area contributed by atoms with E-state index in [1.165, 1.54) is 11.1 Å². The SMILES string of the molecule is CC1CCN(C(=O)O[C@H]2CC3=C(C=CCC3)C2C)CC1. The van der Waals surface area contributed by atoms with E-state index in [1.807, 2.05) is 4.90 Å². The van der Waals surface area contributed by atoms with Crippen LogP contribution in [0.15, 0.2) is 23.3 Å². The van der Waals surface area contributed by atoms with Crippen LogP contribution in [0.25, 0.3) is 0 Å². The summed E-state index contributed by atoms with van der Waals surface area (Å²) in [5, 5.41) is 0. The molecule has 3 aliphatic rings. The Balaban J connectivity index is 1.57. The molecule has 1 aliphatic heterocycles. The van der Waals surface area contributed by atoms with Crippen molar-refractivity contribution in [3.63, 3.8) is 0 Å². The molecule has 1 saturated heterocycles. The van der Waals surface area contributed by atoms with Gasteiger partial charge in [-0.25, -0.2) is 4.79 Å². The van der Waals surface area contributed by atoms with Crippen molar-refractivity contribution in [1.29, 1.82) is 0 Å². The van der Waals surface area contributed by atoms with Gasteiger partial charge in [0.25, 0.3) is 0 Å². The van der Waals surface area contributed by atoms with Crippen LogP contribution in [0.2, 0.25) is 0 Å². The average molecular weight is 275 g/mol. The molecule has 3 rings (SSSR count). The molecule has 1 unspecified atom stereocenters. The van der Waals surface area contributed by atoms with Crippen molar-refractivity contribution < 1.29 is 9.53 Å². The number of ether oxygens (including phenoxy) is 1. The van der Waals surface area contributed by atoms with E-state index in [2.05, 4.69) is 26.0 Å². The van der Waals surface area contributed by atoms with Gasteiger partial charge in [-0.15, -0.1) is 0 Å². The highest BCUT2D eigenvalue weighted by atomic mass is 16.6. The molecule has 1 heterocycles. The maximum absolute atomic E-state index is 12.3. The van der Waals surface area contributed by atoms with Gasteiger partial charge in [0, 0.05) is 25.4 Å². The Morgan fingerprint density at radius 2 is 2.05 bits per heavy atom. The number of rotatable bonds is 1. The number of hydrogen-bond acceptors (Lipinski definition) is 2. The second-order valence-electron chi connectivity index (χ2n) is 6.58. The Bertz CT molecular complexity index is 444. The first kappa shape index (κ1) is 13.7. The Labute approximate surface area is 121 Å². The summed E-state index contributed by atoms with van der Waals surface area (Å²) < 4.78 is 5.80. The number of piperidine rings is 1. The molecule has 0 aromatic rings. The van der Waals surface area contributed by atoms with Crippen LogP contribution < -0.4 is 0 Å². The fourth-order valence-electron chi connectivity index (χ4n) is 3.58. The standard InChI is InChI=1S/C17H25NO2/c1-12-7-9-18(10-8-12)17(19)20-16-11-14-5-3-4-6-15(14)13(16)2/h4,6,12-13,16H,3,5,7-11H2,1-2H3/t13?,16-/m0/s1. The summed E-state index contributed by atoms with van der Waals surface area (Å²) in [6.07, 6.45) is 9.86. The van der Waals surface area contributed by atoms with Crippen LogP contribution in [0.4, 0.5) is 4.79 Å². The largest absolute Gasteiger partial charge is 0.445 e. The molecule has 110 valence electrons. The van der Waals surface area contributed by atoms with Crippen LogP contribution >= 0.6 is 0 Å². The fraction of sp³-hybridized carbons (Fsp3) is 0.706. The van der Waals surface area contributed by atoms with Crippen LogP contribution in [0.1, 0.15) is 46.0 Å². The van der Waals surface area contributed by atoms with E-state index in [0.29, 0.717) is 5.92 Å². The average Bonchev–Trinajstić information content (AvgIpc) is 2.77. The first-order valence-electron chi connectivity index (χ1n) is 7.99. The minimum absolute atomic E-state index is 0.0506. The fourth-order valence-corrected chi connectivity index (χ4v) is 3.58. The van der Waals surface area contributed by atoms with Gasteiger partial charge in [-0.1, -0.05) is 31.6 Å². The molecular formula is C17H25NO2. The lowest BCUT2D eigenvalue weighted by Crippen LogP contribution is -2.40. The molecule has 0 aromatic heterocycles. The molecule has 2 aliphatic carbocycles. The molecule has 1 fully saturated rings. The zero-order valence-electron chi connectivity index (χ0n) is 12.6. The van der Waals surface area contributed by atoms with Crippen LogP contribution in [0.3, 0.4) is 0 Å². The topological polar surface area (TPSA) is 29.5 Å². The highest BCUT2D eigenvalue weighted by molar-refractivity contribution is 5.68. The second-order valence-corrected chi connectivity index (χ2v) is 6.58. The number of hydrogen-bond donors (Lipinski definition) is 0. The Kier molecular flexibility index (Phi) is 3.86. The molecule has 0 bridgehead atoms. The van der Waals surface area contributed by atoms with Crippen LogP contribution in [-0.2, 0) is 4.74 Å². The van der Waals surface area contributed by atoms with Crippen molar-refractivity contribution in [1.82, 2.24) is 4.90 Å². The molecule has 20 heavy (non-hydrogen) atoms. The highest BCUT2D eigenvalue weighted by Crippen LogP contribution is 2.39. The third kappa shape index (κ3) is 2.63. The van der Waals surface area contributed by atoms with E-state index < -0.39 is 0 Å². The van der Waals surface area contributed by atoms with Crippen LogP contribution in [-0.4, -0.2) is 30.2 Å². The van der Waals surface area contributed by atoms with Gasteiger partial charge >= 0.3 is 6.09 Å². The Morgan fingerprint density at radius 3 is 2.75 bits per heavy atom. The third-order valence-corrected chi connectivity index (χ3v) is 5.11. The van der Waals surface area contributed by atoms with Gasteiger partial charge in [0.05, 0.1) is 0 Å². The van der Waals surface area contributed by atoms with Crippen LogP contribution in [0, 0.1) is 11.8 Å². The highest BCUT2D eigenvalue weighted by Gasteiger charge is 2.35. The van der Waals surface area contributed by atoms with E-state index >= 15 is 0 Å². The van der Waals surface area contributed by atoms with Gasteiger partial charge in [0.2, 0.25) is 0 Å². The predicted octanol–water partition coefficient (Wildman–Crippen LogP) is 3.91. The number of amides is 1. The quantitative estimate of drug-likeness (QED) is 0.726. The lowest BCUT2D eigenvalue weighted by Gasteiger charge is -2.31. The van der Waals surface area contributed by atoms with Crippen LogP contribution in [0.5, 0.6) is 0 Å². The zero-order valence-corrected chi connectivity index (χ0v) is 12.6. The normalized spacial score (nSPS) is 30.6. The van der Waals surface area contributed by atoms with E-state index in [4.69, 9.17) is 4.74 Å². The molecule has 0 aromatic carbocycles. The minimum Gasteiger partial charge on any atom is -0.445 e. The van der Waals surface area contributed by atoms with Crippen molar-refractivity contribution in [3.8, 4) is 0 Å². The summed E-state index contributed by atoms with van der Waals surface area (Å²) in [5.41, 5.74) is 2.92. The van der Waals surface area contributed by atoms with Gasteiger partial charge in [-0.2, -0.15) is 0 Å². The smallest absolute Gasteiger partial charge is 0.410 e. The van der Waals surface area contributed by atoms with E-state index in [9.17, 15) is 4.79 Å². The maximum atomic E-state index is 12.3. The van der Waals surface area contributed by atoms with Gasteiger partial charge in [0.1, 0.15) is 6.10 Å². The van der Waals surface area contributed by atoms with E-state index in [0.717, 1.165) is 51.1 Å². The summed E-state index contributed by atoms with van der Waals surface area (Å²) in [4.78, 5) is 14.2. The van der Waals surface area contributed by atoms with Gasteiger partial charge in [0.15, 0.2) is 0 Å². The van der Waals surface area contributed by atoms with Crippen molar-refractivity contribution >= 4 is 6.09 Å². The van der Waals surface area contributed by atoms with Gasteiger partial charge < -0.3 is 9.64 Å². The molecule has 0 spiro atoms. The minimum atomic E-state index is -0.0995. The van der Waals surface area contributed by atoms with Gasteiger partial charge in [-0.3, -0.25) is 0 Å². The monoisotopic (exact) mass is 275 g/mol. The molecule has 3 heteroatoms. The summed E-state index contributed by atoms with van der Waals surface area (Å²) in [7, 11) is 0. The Hall–Kier alpha value is -1.25. The lowest BCUT2D eigenvalue weighted by molar-refractivity contribution is 0.0436. The molecule has 2 atom stereocenters. The van der Waals surface area contributed by atoms with Crippen molar-refractivity contribution in [2.75, 3.05) is 13.1 Å². The first-order valence-corrected chi connectivity index (χ1v) is 7.99. The number of carbonyl (C=O) groups is 1. The van der Waals surface area contributed by atoms with Crippen molar-refractivity contribution in [2.45, 2.75) is 52.1 Å². The van der Waals surface area contributed by atoms with Crippen molar-refractivity contribution in [3.05, 3.63) is 23.3 Å². The molecule has 0 N–H and O–H groups in total. The van der Waals surface area contributed by atoms with E-state index in [1.54, 1.807) is 0 Å². The Morgan fingerprint density at radius 1 is 1.30 bits per heavy atom. The van der Waals surface area contributed by atoms with Crippen molar-refractivity contribution in [2.24, 2.45) is 11.8 Å². The summed E-state index contributed by atoms with van der Waals surface area (Å²) >= 11 is 0.